The van der Waals surface area contributed by atoms with Gasteiger partial charge < -0.3 is 9.88 Å². The molecule has 3 aromatic rings. The molecule has 0 fully saturated rings. The lowest BCUT2D eigenvalue weighted by Crippen LogP contribution is -2.60. The molecule has 0 saturated carbocycles. The minimum absolute atomic E-state index is 0.139. The fraction of sp³-hybridized carbons (Fsp3) is 0.333. The third-order valence-electron chi connectivity index (χ3n) is 5.12. The molecule has 4 rings (SSSR count). The van der Waals surface area contributed by atoms with E-state index < -0.39 is 10.8 Å². The fourth-order valence-corrected chi connectivity index (χ4v) is 5.00. The number of fused-ring (bicyclic) bond motifs is 1. The van der Waals surface area contributed by atoms with Crippen molar-refractivity contribution in [2.75, 3.05) is 10.2 Å². The lowest BCUT2D eigenvalue weighted by atomic mass is 9.96. The number of anilines is 2. The van der Waals surface area contributed by atoms with Crippen LogP contribution < -0.4 is 10.2 Å². The Morgan fingerprint density at radius 3 is 2.83 bits per heavy atom. The summed E-state index contributed by atoms with van der Waals surface area (Å²) in [5.41, 5.74) is 0.359. The number of thioether (sulfide) groups is 1. The highest BCUT2D eigenvalue weighted by atomic mass is 32.2. The first-order valence-electron chi connectivity index (χ1n) is 9.69. The zero-order chi connectivity index (χ0) is 21.3. The van der Waals surface area contributed by atoms with E-state index in [0.717, 1.165) is 13.0 Å². The number of nitrogens with zero attached hydrogens (tertiary/aromatic N) is 4. The van der Waals surface area contributed by atoms with E-state index in [1.54, 1.807) is 36.4 Å². The Kier molecular flexibility index (Phi) is 5.66. The molecular formula is C21H23N5O2S2. The number of carbonyl (C=O) groups excluding carboxylic acids is 2. The largest absolute Gasteiger partial charge is 0.322 e. The molecule has 0 bridgehead atoms. The van der Waals surface area contributed by atoms with Crippen molar-refractivity contribution in [1.82, 2.24) is 14.8 Å². The Bertz CT molecular complexity index is 1060. The van der Waals surface area contributed by atoms with Crippen molar-refractivity contribution in [3.05, 3.63) is 53.0 Å². The number of carbonyl (C=O) groups is 2. The Hall–Kier alpha value is -2.65. The number of hydrogen-bond donors (Lipinski definition) is 1. The number of thiophene rings is 1. The summed E-state index contributed by atoms with van der Waals surface area (Å²) in [6, 6.07) is 11.5. The summed E-state index contributed by atoms with van der Waals surface area (Å²) in [5, 5.41) is 13.5. The third kappa shape index (κ3) is 3.87. The van der Waals surface area contributed by atoms with Crippen LogP contribution in [0, 0.1) is 0 Å². The molecule has 1 aromatic carbocycles. The zero-order valence-corrected chi connectivity index (χ0v) is 18.7. The summed E-state index contributed by atoms with van der Waals surface area (Å²) in [6.07, 6.45) is 2.58. The summed E-state index contributed by atoms with van der Waals surface area (Å²) in [4.78, 5) is 29.0. The van der Waals surface area contributed by atoms with E-state index in [-0.39, 0.29) is 11.8 Å². The molecule has 0 unspecified atom stereocenters. The summed E-state index contributed by atoms with van der Waals surface area (Å²) >= 11 is 3.08. The number of hydrogen-bond acceptors (Lipinski definition) is 6. The van der Waals surface area contributed by atoms with Crippen molar-refractivity contribution in [3.63, 3.8) is 0 Å². The first-order chi connectivity index (χ1) is 14.4. The van der Waals surface area contributed by atoms with Crippen LogP contribution in [0.15, 0.2) is 53.3 Å². The topological polar surface area (TPSA) is 80.1 Å². The molecule has 1 N–H and O–H groups in total. The molecule has 1 aliphatic heterocycles. The molecule has 0 aliphatic carbocycles. The lowest BCUT2D eigenvalue weighted by molar-refractivity contribution is -0.126. The quantitative estimate of drug-likeness (QED) is 0.588. The molecule has 7 nitrogen and oxygen atoms in total. The maximum Gasteiger partial charge on any atom is 0.250 e. The molecule has 1 aliphatic rings. The minimum atomic E-state index is -0.993. The van der Waals surface area contributed by atoms with Gasteiger partial charge in [-0.3, -0.25) is 14.5 Å². The van der Waals surface area contributed by atoms with E-state index in [0.29, 0.717) is 16.5 Å². The van der Waals surface area contributed by atoms with E-state index in [9.17, 15) is 9.59 Å². The highest BCUT2D eigenvalue weighted by Gasteiger charge is 2.44. The number of amides is 2. The summed E-state index contributed by atoms with van der Waals surface area (Å²) < 4.78 is 1.97. The second-order valence-corrected chi connectivity index (χ2v) is 9.94. The molecule has 156 valence electrons. The molecule has 30 heavy (non-hydrogen) atoms. The Morgan fingerprint density at radius 2 is 2.07 bits per heavy atom. The normalized spacial score (nSPS) is 16.1. The second kappa shape index (κ2) is 8.23. The van der Waals surface area contributed by atoms with Crippen LogP contribution in [-0.2, 0) is 22.6 Å². The van der Waals surface area contributed by atoms with Crippen LogP contribution in [0.3, 0.4) is 0 Å². The van der Waals surface area contributed by atoms with Gasteiger partial charge in [0.25, 0.3) is 0 Å². The van der Waals surface area contributed by atoms with Crippen LogP contribution in [0.2, 0.25) is 0 Å². The maximum atomic E-state index is 13.5. The number of nitrogens with one attached hydrogen (secondary N) is 1. The molecule has 1 atom stereocenters. The SMILES string of the molecule is C[C@H](Sc1nncn1CCc1cccs1)C(=O)N1c2ccccc2NC(=O)C1(C)C. The van der Waals surface area contributed by atoms with Crippen LogP contribution in [0.25, 0.3) is 0 Å². The van der Waals surface area contributed by atoms with Gasteiger partial charge in [0.2, 0.25) is 11.8 Å². The third-order valence-corrected chi connectivity index (χ3v) is 7.14. The smallest absolute Gasteiger partial charge is 0.250 e. The van der Waals surface area contributed by atoms with Gasteiger partial charge in [0.05, 0.1) is 16.6 Å². The number of aromatic nitrogens is 3. The van der Waals surface area contributed by atoms with E-state index in [1.807, 2.05) is 41.8 Å². The second-order valence-electron chi connectivity index (χ2n) is 7.60. The van der Waals surface area contributed by atoms with Crippen molar-refractivity contribution < 1.29 is 9.59 Å². The van der Waals surface area contributed by atoms with Crippen LogP contribution in [0.5, 0.6) is 0 Å². The van der Waals surface area contributed by atoms with Crippen molar-refractivity contribution >= 4 is 46.3 Å². The maximum absolute atomic E-state index is 13.5. The van der Waals surface area contributed by atoms with Gasteiger partial charge in [-0.15, -0.1) is 21.5 Å². The highest BCUT2D eigenvalue weighted by molar-refractivity contribution is 8.00. The van der Waals surface area contributed by atoms with Crippen molar-refractivity contribution in [2.45, 2.75) is 49.7 Å². The first-order valence-corrected chi connectivity index (χ1v) is 11.5. The molecule has 9 heteroatoms. The molecule has 0 saturated heterocycles. The predicted octanol–water partition coefficient (Wildman–Crippen LogP) is 3.83. The van der Waals surface area contributed by atoms with Gasteiger partial charge in [-0.05, 0) is 50.8 Å². The van der Waals surface area contributed by atoms with Gasteiger partial charge in [0, 0.05) is 11.4 Å². The van der Waals surface area contributed by atoms with Crippen LogP contribution in [-0.4, -0.2) is 37.4 Å². The van der Waals surface area contributed by atoms with Gasteiger partial charge >= 0.3 is 0 Å². The summed E-state index contributed by atoms with van der Waals surface area (Å²) in [7, 11) is 0. The van der Waals surface area contributed by atoms with Gasteiger partial charge in [-0.2, -0.15) is 0 Å². The first kappa shape index (κ1) is 20.6. The van der Waals surface area contributed by atoms with Gasteiger partial charge in [0.15, 0.2) is 5.16 Å². The molecular weight excluding hydrogens is 418 g/mol. The predicted molar refractivity (Wildman–Crippen MR) is 120 cm³/mol. The zero-order valence-electron chi connectivity index (χ0n) is 17.0. The number of aryl methyl sites for hydroxylation is 2. The Balaban J connectivity index is 1.53. The molecule has 2 amide bonds. The van der Waals surface area contributed by atoms with Gasteiger partial charge in [0.1, 0.15) is 11.9 Å². The van der Waals surface area contributed by atoms with Crippen LogP contribution >= 0.6 is 23.1 Å². The van der Waals surface area contributed by atoms with Crippen LogP contribution in [0.4, 0.5) is 11.4 Å². The highest BCUT2D eigenvalue weighted by Crippen LogP contribution is 2.38. The van der Waals surface area contributed by atoms with Crippen LogP contribution in [0.1, 0.15) is 25.6 Å². The van der Waals surface area contributed by atoms with Gasteiger partial charge in [-0.1, -0.05) is 30.0 Å². The number of benzene rings is 1. The monoisotopic (exact) mass is 441 g/mol. The van der Waals surface area contributed by atoms with E-state index in [1.165, 1.54) is 16.6 Å². The van der Waals surface area contributed by atoms with Crippen molar-refractivity contribution in [1.29, 1.82) is 0 Å². The molecule has 3 heterocycles. The average Bonchev–Trinajstić information content (AvgIpc) is 3.38. The van der Waals surface area contributed by atoms with Crippen molar-refractivity contribution in [2.24, 2.45) is 0 Å². The van der Waals surface area contributed by atoms with E-state index in [4.69, 9.17) is 0 Å². The summed E-state index contributed by atoms with van der Waals surface area (Å²) in [5.74, 6) is -0.342. The fourth-order valence-electron chi connectivity index (χ4n) is 3.41. The standard InChI is InChI=1S/C21H23N5O2S2/c1-14(30-20-24-22-13-25(20)11-10-15-7-6-12-29-15)18(27)26-17-9-5-4-8-16(17)23-19(28)21(26,2)3/h4-9,12-14H,10-11H2,1-3H3,(H,23,28)/t14-/m0/s1. The average molecular weight is 442 g/mol. The number of para-hydroxylation sites is 2. The summed E-state index contributed by atoms with van der Waals surface area (Å²) in [6.45, 7) is 6.11. The molecule has 2 aromatic heterocycles. The Labute approximate surface area is 183 Å². The lowest BCUT2D eigenvalue weighted by Gasteiger charge is -2.43. The molecule has 0 radical (unpaired) electrons. The van der Waals surface area contributed by atoms with Gasteiger partial charge in [-0.25, -0.2) is 0 Å². The van der Waals surface area contributed by atoms with E-state index >= 15 is 0 Å². The van der Waals surface area contributed by atoms with E-state index in [2.05, 4.69) is 27.0 Å². The molecule has 0 spiro atoms. The number of rotatable bonds is 6. The minimum Gasteiger partial charge on any atom is -0.322 e. The Morgan fingerprint density at radius 1 is 1.27 bits per heavy atom. The van der Waals surface area contributed by atoms with Crippen molar-refractivity contribution in [3.8, 4) is 0 Å².